The van der Waals surface area contributed by atoms with Crippen LogP contribution >= 0.6 is 0 Å². The molecule has 0 aliphatic rings. The third-order valence-corrected chi connectivity index (χ3v) is 4.87. The molecule has 154 valence electrons. The average Bonchev–Trinajstić information content (AvgIpc) is 2.64. The molecule has 1 N–H and O–H groups in total. The molecule has 0 aliphatic carbocycles. The molecule has 2 aromatic heterocycles. The van der Waals surface area contributed by atoms with Gasteiger partial charge >= 0.3 is 0 Å². The number of pyridine rings is 2. The van der Waals surface area contributed by atoms with Crippen molar-refractivity contribution in [1.29, 1.82) is 0 Å². The van der Waals surface area contributed by atoms with Crippen molar-refractivity contribution < 1.29 is 17.1 Å². The maximum absolute atomic E-state index is 4.68. The largest absolute Gasteiger partial charge is 0.383 e. The molecule has 0 saturated heterocycles. The summed E-state index contributed by atoms with van der Waals surface area (Å²) >= 11 is 0. The molecule has 4 nitrogen and oxygen atoms in total. The SMILES string of the molecule is Cc1cccc(CN(CCNc2c(C)cccc2C)Cc2cccc(C)n2)n1.[Fe]. The second kappa shape index (κ2) is 11.1. The molecule has 0 fully saturated rings. The van der Waals surface area contributed by atoms with Gasteiger partial charge in [0.05, 0.1) is 11.4 Å². The number of aromatic nitrogens is 2. The summed E-state index contributed by atoms with van der Waals surface area (Å²) in [4.78, 5) is 11.8. The van der Waals surface area contributed by atoms with Gasteiger partial charge in [-0.1, -0.05) is 30.3 Å². The Labute approximate surface area is 185 Å². The zero-order valence-corrected chi connectivity index (χ0v) is 18.8. The molecular formula is C24H30FeN4. The first kappa shape index (κ1) is 23.1. The van der Waals surface area contributed by atoms with Gasteiger partial charge in [-0.3, -0.25) is 14.9 Å². The fraction of sp³-hybridized carbons (Fsp3) is 0.333. The van der Waals surface area contributed by atoms with Gasteiger partial charge in [0.15, 0.2) is 0 Å². The first-order valence-corrected chi connectivity index (χ1v) is 9.89. The molecule has 0 amide bonds. The van der Waals surface area contributed by atoms with Gasteiger partial charge < -0.3 is 5.32 Å². The van der Waals surface area contributed by atoms with Crippen LogP contribution < -0.4 is 5.32 Å². The number of nitrogens with zero attached hydrogens (tertiary/aromatic N) is 3. The molecule has 2 heterocycles. The molecule has 5 heteroatoms. The molecule has 0 spiro atoms. The summed E-state index contributed by atoms with van der Waals surface area (Å²) in [5, 5.41) is 3.62. The van der Waals surface area contributed by atoms with Crippen LogP contribution in [0.25, 0.3) is 0 Å². The van der Waals surface area contributed by atoms with Gasteiger partial charge in [-0.2, -0.15) is 0 Å². The molecule has 0 unspecified atom stereocenters. The van der Waals surface area contributed by atoms with Gasteiger partial charge in [-0.15, -0.1) is 0 Å². The Morgan fingerprint density at radius 3 is 1.69 bits per heavy atom. The quantitative estimate of drug-likeness (QED) is 0.521. The Hall–Kier alpha value is -2.20. The Kier molecular flexibility index (Phi) is 8.84. The third-order valence-electron chi connectivity index (χ3n) is 4.87. The summed E-state index contributed by atoms with van der Waals surface area (Å²) in [6, 6.07) is 18.9. The van der Waals surface area contributed by atoms with Gasteiger partial charge in [0, 0.05) is 60.3 Å². The van der Waals surface area contributed by atoms with Crippen molar-refractivity contribution >= 4 is 5.69 Å². The van der Waals surface area contributed by atoms with E-state index in [4.69, 9.17) is 0 Å². The number of hydrogen-bond acceptors (Lipinski definition) is 4. The van der Waals surface area contributed by atoms with E-state index in [2.05, 4.69) is 76.5 Å². The molecule has 0 atom stereocenters. The van der Waals surface area contributed by atoms with E-state index in [0.29, 0.717) is 0 Å². The smallest absolute Gasteiger partial charge is 0.0547 e. The summed E-state index contributed by atoms with van der Waals surface area (Å²) in [5.41, 5.74) is 8.11. The van der Waals surface area contributed by atoms with Crippen molar-refractivity contribution in [1.82, 2.24) is 14.9 Å². The minimum atomic E-state index is 0. The second-order valence-corrected chi connectivity index (χ2v) is 7.44. The van der Waals surface area contributed by atoms with Crippen LogP contribution in [0.4, 0.5) is 5.69 Å². The van der Waals surface area contributed by atoms with Crippen molar-refractivity contribution in [3.8, 4) is 0 Å². The zero-order valence-electron chi connectivity index (χ0n) is 17.7. The first-order chi connectivity index (χ1) is 13.5. The second-order valence-electron chi connectivity index (χ2n) is 7.44. The van der Waals surface area contributed by atoms with Crippen LogP contribution in [0.3, 0.4) is 0 Å². The number of nitrogens with one attached hydrogen (secondary N) is 1. The number of hydrogen-bond donors (Lipinski definition) is 1. The summed E-state index contributed by atoms with van der Waals surface area (Å²) in [6.07, 6.45) is 0. The van der Waals surface area contributed by atoms with E-state index in [1.165, 1.54) is 16.8 Å². The topological polar surface area (TPSA) is 41.0 Å². The van der Waals surface area contributed by atoms with Crippen molar-refractivity contribution in [3.05, 3.63) is 88.5 Å². The molecule has 29 heavy (non-hydrogen) atoms. The predicted octanol–water partition coefficient (Wildman–Crippen LogP) is 4.82. The maximum Gasteiger partial charge on any atom is 0.0547 e. The van der Waals surface area contributed by atoms with Crippen LogP contribution in [0, 0.1) is 27.7 Å². The van der Waals surface area contributed by atoms with Crippen LogP contribution in [0.1, 0.15) is 33.9 Å². The van der Waals surface area contributed by atoms with Crippen LogP contribution in [0.2, 0.25) is 0 Å². The van der Waals surface area contributed by atoms with E-state index >= 15 is 0 Å². The number of anilines is 1. The van der Waals surface area contributed by atoms with E-state index in [1.807, 2.05) is 26.0 Å². The van der Waals surface area contributed by atoms with Gasteiger partial charge in [0.25, 0.3) is 0 Å². The van der Waals surface area contributed by atoms with Gasteiger partial charge in [-0.05, 0) is 63.1 Å². The fourth-order valence-corrected chi connectivity index (χ4v) is 3.48. The summed E-state index contributed by atoms with van der Waals surface area (Å²) in [5.74, 6) is 0. The Balaban J connectivity index is 0.00000300. The minimum absolute atomic E-state index is 0. The number of rotatable bonds is 8. The summed E-state index contributed by atoms with van der Waals surface area (Å²) in [6.45, 7) is 11.8. The van der Waals surface area contributed by atoms with Crippen molar-refractivity contribution in [2.24, 2.45) is 0 Å². The Morgan fingerprint density at radius 1 is 0.724 bits per heavy atom. The first-order valence-electron chi connectivity index (χ1n) is 9.89. The van der Waals surface area contributed by atoms with Crippen LogP contribution in [-0.2, 0) is 30.2 Å². The van der Waals surface area contributed by atoms with Crippen molar-refractivity contribution in [2.75, 3.05) is 18.4 Å². The Morgan fingerprint density at radius 2 is 1.21 bits per heavy atom. The van der Waals surface area contributed by atoms with Gasteiger partial charge in [0.2, 0.25) is 0 Å². The standard InChI is InChI=1S/C24H30N4.Fe/c1-18-8-5-9-19(2)24(18)25-14-15-28(16-22-12-6-10-20(3)26-22)17-23-13-7-11-21(4)27-23;/h5-13,25H,14-17H2,1-4H3;. The van der Waals surface area contributed by atoms with Crippen LogP contribution in [-0.4, -0.2) is 28.0 Å². The normalized spacial score (nSPS) is 10.7. The van der Waals surface area contributed by atoms with Crippen LogP contribution in [0.5, 0.6) is 0 Å². The molecule has 3 aromatic rings. The molecule has 1 aromatic carbocycles. The van der Waals surface area contributed by atoms with Gasteiger partial charge in [0.1, 0.15) is 0 Å². The summed E-state index contributed by atoms with van der Waals surface area (Å²) < 4.78 is 0. The molecule has 0 aliphatic heterocycles. The van der Waals surface area contributed by atoms with E-state index in [-0.39, 0.29) is 17.1 Å². The zero-order chi connectivity index (χ0) is 19.9. The molecule has 0 saturated carbocycles. The molecular weight excluding hydrogens is 400 g/mol. The number of aryl methyl sites for hydroxylation is 4. The van der Waals surface area contributed by atoms with E-state index in [9.17, 15) is 0 Å². The monoisotopic (exact) mass is 430 g/mol. The third kappa shape index (κ3) is 6.97. The molecule has 0 bridgehead atoms. The fourth-order valence-electron chi connectivity index (χ4n) is 3.48. The van der Waals surface area contributed by atoms with E-state index in [1.54, 1.807) is 0 Å². The predicted molar refractivity (Wildman–Crippen MR) is 116 cm³/mol. The average molecular weight is 430 g/mol. The molecule has 0 radical (unpaired) electrons. The van der Waals surface area contributed by atoms with Gasteiger partial charge in [-0.25, -0.2) is 0 Å². The summed E-state index contributed by atoms with van der Waals surface area (Å²) in [7, 11) is 0. The van der Waals surface area contributed by atoms with Crippen molar-refractivity contribution in [2.45, 2.75) is 40.8 Å². The number of para-hydroxylation sites is 1. The minimum Gasteiger partial charge on any atom is -0.383 e. The Bertz CT molecular complexity index is 859. The van der Waals surface area contributed by atoms with Crippen molar-refractivity contribution in [3.63, 3.8) is 0 Å². The number of benzene rings is 1. The molecule has 3 rings (SSSR count). The van der Waals surface area contributed by atoms with E-state index in [0.717, 1.165) is 49.0 Å². The van der Waals surface area contributed by atoms with E-state index < -0.39 is 0 Å². The van der Waals surface area contributed by atoms with Crippen LogP contribution in [0.15, 0.2) is 54.6 Å². The maximum atomic E-state index is 4.68.